The standard InChI is InChI=1S/C11H17NO4S/c1-16-9-10(7-8-13)12-17(14,15)11-5-3-2-4-6-11/h2-6,10,12-13H,7-9H2,1H3. The Morgan fingerprint density at radius 2 is 2.00 bits per heavy atom. The van der Waals surface area contributed by atoms with E-state index in [1.165, 1.54) is 19.2 Å². The summed E-state index contributed by atoms with van der Waals surface area (Å²) < 4.78 is 31.3. The Labute approximate surface area is 101 Å². The van der Waals surface area contributed by atoms with Crippen LogP contribution in [0.15, 0.2) is 35.2 Å². The summed E-state index contributed by atoms with van der Waals surface area (Å²) in [5, 5.41) is 8.84. The van der Waals surface area contributed by atoms with Crippen LogP contribution in [-0.4, -0.2) is 39.9 Å². The third-order valence-corrected chi connectivity index (χ3v) is 3.76. The number of hydrogen-bond donors (Lipinski definition) is 2. The average molecular weight is 259 g/mol. The van der Waals surface area contributed by atoms with E-state index >= 15 is 0 Å². The molecular formula is C11H17NO4S. The lowest BCUT2D eigenvalue weighted by Crippen LogP contribution is -2.38. The van der Waals surface area contributed by atoms with Gasteiger partial charge in [0.15, 0.2) is 0 Å². The van der Waals surface area contributed by atoms with Crippen molar-refractivity contribution in [2.45, 2.75) is 17.4 Å². The fraction of sp³-hybridized carbons (Fsp3) is 0.455. The Bertz CT molecular complexity index is 412. The molecule has 0 heterocycles. The maximum Gasteiger partial charge on any atom is 0.240 e. The number of benzene rings is 1. The SMILES string of the molecule is COCC(CCO)NS(=O)(=O)c1ccccc1. The first kappa shape index (κ1) is 14.1. The molecule has 0 radical (unpaired) electrons. The van der Waals surface area contributed by atoms with Crippen LogP contribution in [-0.2, 0) is 14.8 Å². The third kappa shape index (κ3) is 4.43. The fourth-order valence-electron chi connectivity index (χ4n) is 1.42. The van der Waals surface area contributed by atoms with Gasteiger partial charge in [0, 0.05) is 19.8 Å². The summed E-state index contributed by atoms with van der Waals surface area (Å²) in [6.45, 7) is 0.137. The molecule has 1 aromatic rings. The minimum atomic E-state index is -3.54. The van der Waals surface area contributed by atoms with Gasteiger partial charge >= 0.3 is 0 Å². The first-order valence-corrected chi connectivity index (χ1v) is 6.75. The lowest BCUT2D eigenvalue weighted by molar-refractivity contribution is 0.158. The van der Waals surface area contributed by atoms with E-state index in [-0.39, 0.29) is 18.1 Å². The quantitative estimate of drug-likeness (QED) is 0.741. The number of aliphatic hydroxyl groups is 1. The molecule has 1 unspecified atom stereocenters. The van der Waals surface area contributed by atoms with Gasteiger partial charge in [0.05, 0.1) is 11.5 Å². The molecule has 0 spiro atoms. The molecule has 0 fully saturated rings. The van der Waals surface area contributed by atoms with Crippen molar-refractivity contribution in [3.8, 4) is 0 Å². The van der Waals surface area contributed by atoms with Gasteiger partial charge in [-0.15, -0.1) is 0 Å². The van der Waals surface area contributed by atoms with E-state index in [0.717, 1.165) is 0 Å². The van der Waals surface area contributed by atoms with Gasteiger partial charge in [-0.25, -0.2) is 13.1 Å². The number of sulfonamides is 1. The number of methoxy groups -OCH3 is 1. The van der Waals surface area contributed by atoms with Crippen LogP contribution in [0.3, 0.4) is 0 Å². The van der Waals surface area contributed by atoms with Gasteiger partial charge in [-0.2, -0.15) is 0 Å². The normalized spacial score (nSPS) is 13.5. The fourth-order valence-corrected chi connectivity index (χ4v) is 2.70. The van der Waals surface area contributed by atoms with Crippen molar-refractivity contribution in [1.29, 1.82) is 0 Å². The molecule has 0 saturated heterocycles. The van der Waals surface area contributed by atoms with Crippen molar-refractivity contribution in [1.82, 2.24) is 4.72 Å². The van der Waals surface area contributed by atoms with E-state index in [1.54, 1.807) is 18.2 Å². The van der Waals surface area contributed by atoms with Crippen LogP contribution in [0.2, 0.25) is 0 Å². The number of nitrogens with one attached hydrogen (secondary N) is 1. The molecule has 2 N–H and O–H groups in total. The second-order valence-corrected chi connectivity index (χ2v) is 5.31. The molecule has 1 atom stereocenters. The Morgan fingerprint density at radius 3 is 2.53 bits per heavy atom. The number of ether oxygens (including phenoxy) is 1. The predicted octanol–water partition coefficient (Wildman–Crippen LogP) is 0.362. The smallest absolute Gasteiger partial charge is 0.240 e. The zero-order valence-corrected chi connectivity index (χ0v) is 10.5. The van der Waals surface area contributed by atoms with Gasteiger partial charge in [0.2, 0.25) is 10.0 Å². The highest BCUT2D eigenvalue weighted by molar-refractivity contribution is 7.89. The van der Waals surface area contributed by atoms with Crippen LogP contribution in [0.4, 0.5) is 0 Å². The van der Waals surface area contributed by atoms with Crippen molar-refractivity contribution < 1.29 is 18.3 Å². The van der Waals surface area contributed by atoms with Crippen LogP contribution in [0.25, 0.3) is 0 Å². The number of aliphatic hydroxyl groups excluding tert-OH is 1. The molecule has 5 nitrogen and oxygen atoms in total. The summed E-state index contributed by atoms with van der Waals surface area (Å²) in [4.78, 5) is 0.207. The van der Waals surface area contributed by atoms with Crippen molar-refractivity contribution in [3.63, 3.8) is 0 Å². The van der Waals surface area contributed by atoms with Crippen molar-refractivity contribution in [2.75, 3.05) is 20.3 Å². The molecule has 6 heteroatoms. The molecule has 0 saturated carbocycles. The van der Waals surface area contributed by atoms with Crippen LogP contribution in [0, 0.1) is 0 Å². The second kappa shape index (κ2) is 6.70. The highest BCUT2D eigenvalue weighted by Crippen LogP contribution is 2.08. The maximum atomic E-state index is 11.9. The van der Waals surface area contributed by atoms with E-state index in [9.17, 15) is 8.42 Å². The molecule has 17 heavy (non-hydrogen) atoms. The predicted molar refractivity (Wildman–Crippen MR) is 64.1 cm³/mol. The van der Waals surface area contributed by atoms with E-state index in [4.69, 9.17) is 9.84 Å². The average Bonchev–Trinajstić information content (AvgIpc) is 2.30. The van der Waals surface area contributed by atoms with Crippen LogP contribution >= 0.6 is 0 Å². The van der Waals surface area contributed by atoms with E-state index in [0.29, 0.717) is 6.42 Å². The van der Waals surface area contributed by atoms with E-state index in [2.05, 4.69) is 4.72 Å². The number of rotatable bonds is 7. The van der Waals surface area contributed by atoms with Gasteiger partial charge in [0.25, 0.3) is 0 Å². The minimum absolute atomic E-state index is 0.0919. The van der Waals surface area contributed by atoms with E-state index in [1.807, 2.05) is 0 Å². The van der Waals surface area contributed by atoms with Gasteiger partial charge in [-0.05, 0) is 18.6 Å². The summed E-state index contributed by atoms with van der Waals surface area (Å²) in [5.74, 6) is 0. The summed E-state index contributed by atoms with van der Waals surface area (Å²) in [7, 11) is -2.06. The molecular weight excluding hydrogens is 242 g/mol. The molecule has 0 aliphatic rings. The Balaban J connectivity index is 2.77. The van der Waals surface area contributed by atoms with Crippen molar-refractivity contribution >= 4 is 10.0 Å². The summed E-state index contributed by atoms with van der Waals surface area (Å²) in [6, 6.07) is 7.68. The van der Waals surface area contributed by atoms with Gasteiger partial charge in [-0.3, -0.25) is 0 Å². The summed E-state index contributed by atoms with van der Waals surface area (Å²) in [5.41, 5.74) is 0. The van der Waals surface area contributed by atoms with Crippen LogP contribution in [0.1, 0.15) is 6.42 Å². The van der Waals surface area contributed by atoms with Crippen molar-refractivity contribution in [3.05, 3.63) is 30.3 Å². The molecule has 0 aliphatic heterocycles. The minimum Gasteiger partial charge on any atom is -0.396 e. The van der Waals surface area contributed by atoms with Gasteiger partial charge in [-0.1, -0.05) is 18.2 Å². The maximum absolute atomic E-state index is 11.9. The lowest BCUT2D eigenvalue weighted by atomic mass is 10.2. The molecule has 96 valence electrons. The van der Waals surface area contributed by atoms with Crippen LogP contribution < -0.4 is 4.72 Å². The number of hydrogen-bond acceptors (Lipinski definition) is 4. The Kier molecular flexibility index (Phi) is 5.57. The first-order chi connectivity index (χ1) is 8.10. The monoisotopic (exact) mass is 259 g/mol. The first-order valence-electron chi connectivity index (χ1n) is 5.27. The topological polar surface area (TPSA) is 75.6 Å². The Hall–Kier alpha value is -0.950. The lowest BCUT2D eigenvalue weighted by Gasteiger charge is -2.16. The Morgan fingerprint density at radius 1 is 1.35 bits per heavy atom. The van der Waals surface area contributed by atoms with Crippen molar-refractivity contribution in [2.24, 2.45) is 0 Å². The summed E-state index contributed by atoms with van der Waals surface area (Å²) in [6.07, 6.45) is 0.319. The largest absolute Gasteiger partial charge is 0.396 e. The molecule has 0 amide bonds. The highest BCUT2D eigenvalue weighted by atomic mass is 32.2. The molecule has 0 aromatic heterocycles. The summed E-state index contributed by atoms with van der Waals surface area (Å²) >= 11 is 0. The molecule has 0 aliphatic carbocycles. The second-order valence-electron chi connectivity index (χ2n) is 3.60. The zero-order chi connectivity index (χ0) is 12.7. The third-order valence-electron chi connectivity index (χ3n) is 2.22. The highest BCUT2D eigenvalue weighted by Gasteiger charge is 2.19. The van der Waals surface area contributed by atoms with Gasteiger partial charge < -0.3 is 9.84 Å². The van der Waals surface area contributed by atoms with E-state index < -0.39 is 16.1 Å². The van der Waals surface area contributed by atoms with Gasteiger partial charge in [0.1, 0.15) is 0 Å². The van der Waals surface area contributed by atoms with Crippen LogP contribution in [0.5, 0.6) is 0 Å². The molecule has 1 aromatic carbocycles. The molecule has 1 rings (SSSR count). The zero-order valence-electron chi connectivity index (χ0n) is 9.67. The molecule has 0 bridgehead atoms.